The summed E-state index contributed by atoms with van der Waals surface area (Å²) in [5.74, 6) is 0.951. The van der Waals surface area contributed by atoms with E-state index in [9.17, 15) is 0 Å². The summed E-state index contributed by atoms with van der Waals surface area (Å²) in [6.45, 7) is 8.26. The minimum Gasteiger partial charge on any atom is -0.327 e. The fraction of sp³-hybridized carbons (Fsp3) is 0.467. The molecule has 0 aromatic carbocycles. The predicted octanol–water partition coefficient (Wildman–Crippen LogP) is 2.47. The molecule has 0 bridgehead atoms. The van der Waals surface area contributed by atoms with Crippen LogP contribution in [0.25, 0.3) is 5.82 Å². The Morgan fingerprint density at radius 3 is 2.53 bits per heavy atom. The lowest BCUT2D eigenvalue weighted by atomic mass is 10.1. The molecule has 2 aromatic heterocycles. The van der Waals surface area contributed by atoms with Gasteiger partial charge in [0.15, 0.2) is 0 Å². The molecular weight excluding hydrogens is 236 g/mol. The first kappa shape index (κ1) is 13.7. The fourth-order valence-corrected chi connectivity index (χ4v) is 2.15. The molecule has 0 aliphatic rings. The lowest BCUT2D eigenvalue weighted by Crippen LogP contribution is -2.21. The second-order valence-electron chi connectivity index (χ2n) is 5.14. The smallest absolute Gasteiger partial charge is 0.140 e. The van der Waals surface area contributed by atoms with Gasteiger partial charge < -0.3 is 5.73 Å². The minimum absolute atomic E-state index is 0.212. The normalized spacial score (nSPS) is 12.7. The summed E-state index contributed by atoms with van der Waals surface area (Å²) >= 11 is 0. The molecular formula is C15H22N4. The van der Waals surface area contributed by atoms with E-state index in [4.69, 9.17) is 5.73 Å². The van der Waals surface area contributed by atoms with Crippen molar-refractivity contribution in [1.82, 2.24) is 14.5 Å². The van der Waals surface area contributed by atoms with Gasteiger partial charge in [0.05, 0.1) is 5.69 Å². The zero-order valence-electron chi connectivity index (χ0n) is 12.1. The molecule has 1 unspecified atom stereocenters. The molecule has 102 valence electrons. The standard InChI is InChI=1S/C15H22N4/c1-5-14(16)7-13-6-10(2)15(17-8-13)19-9-18-11(3)12(19)4/h6,8-9,14H,5,7,16H2,1-4H3. The van der Waals surface area contributed by atoms with Crippen LogP contribution < -0.4 is 5.73 Å². The lowest BCUT2D eigenvalue weighted by Gasteiger charge is -2.12. The second-order valence-corrected chi connectivity index (χ2v) is 5.14. The van der Waals surface area contributed by atoms with Gasteiger partial charge in [-0.15, -0.1) is 0 Å². The molecule has 0 aliphatic heterocycles. The number of hydrogen-bond acceptors (Lipinski definition) is 3. The van der Waals surface area contributed by atoms with Crippen LogP contribution in [0, 0.1) is 20.8 Å². The number of nitrogens with zero attached hydrogens (tertiary/aromatic N) is 3. The summed E-state index contributed by atoms with van der Waals surface area (Å²) in [5.41, 5.74) is 10.5. The van der Waals surface area contributed by atoms with E-state index in [1.165, 1.54) is 5.56 Å². The topological polar surface area (TPSA) is 56.7 Å². The van der Waals surface area contributed by atoms with E-state index >= 15 is 0 Å². The summed E-state index contributed by atoms with van der Waals surface area (Å²) in [7, 11) is 0. The maximum Gasteiger partial charge on any atom is 0.140 e. The van der Waals surface area contributed by atoms with Crippen LogP contribution in [0.5, 0.6) is 0 Å². The third-order valence-electron chi connectivity index (χ3n) is 3.61. The van der Waals surface area contributed by atoms with Crippen LogP contribution in [0.3, 0.4) is 0 Å². The van der Waals surface area contributed by atoms with Crippen LogP contribution in [0.4, 0.5) is 0 Å². The molecule has 0 spiro atoms. The monoisotopic (exact) mass is 258 g/mol. The van der Waals surface area contributed by atoms with Crippen molar-refractivity contribution < 1.29 is 0 Å². The Morgan fingerprint density at radius 1 is 1.26 bits per heavy atom. The summed E-state index contributed by atoms with van der Waals surface area (Å²) in [6.07, 6.45) is 5.62. The second kappa shape index (κ2) is 5.53. The van der Waals surface area contributed by atoms with Crippen LogP contribution in [0.1, 0.15) is 35.9 Å². The maximum absolute atomic E-state index is 5.99. The van der Waals surface area contributed by atoms with Gasteiger partial charge >= 0.3 is 0 Å². The Bertz CT molecular complexity index is 572. The third-order valence-corrected chi connectivity index (χ3v) is 3.61. The molecule has 1 atom stereocenters. The fourth-order valence-electron chi connectivity index (χ4n) is 2.15. The minimum atomic E-state index is 0.212. The molecule has 2 aromatic rings. The molecule has 4 nitrogen and oxygen atoms in total. The van der Waals surface area contributed by atoms with Crippen LogP contribution in [-0.4, -0.2) is 20.6 Å². The Labute approximate surface area is 114 Å². The van der Waals surface area contributed by atoms with Crippen LogP contribution in [-0.2, 0) is 6.42 Å². The molecule has 0 amide bonds. The Balaban J connectivity index is 2.32. The van der Waals surface area contributed by atoms with E-state index in [-0.39, 0.29) is 6.04 Å². The summed E-state index contributed by atoms with van der Waals surface area (Å²) in [5, 5.41) is 0. The molecule has 4 heteroatoms. The van der Waals surface area contributed by atoms with E-state index in [1.807, 2.05) is 24.0 Å². The number of pyridine rings is 1. The number of imidazole rings is 1. The van der Waals surface area contributed by atoms with Crippen molar-refractivity contribution in [1.29, 1.82) is 0 Å². The van der Waals surface area contributed by atoms with Gasteiger partial charge in [-0.2, -0.15) is 0 Å². The number of rotatable bonds is 4. The van der Waals surface area contributed by atoms with Crippen molar-refractivity contribution in [2.45, 2.75) is 46.6 Å². The van der Waals surface area contributed by atoms with E-state index in [2.05, 4.69) is 36.8 Å². The summed E-state index contributed by atoms with van der Waals surface area (Å²) in [4.78, 5) is 8.90. The average molecular weight is 258 g/mol. The summed E-state index contributed by atoms with van der Waals surface area (Å²) in [6, 6.07) is 2.39. The van der Waals surface area contributed by atoms with Crippen molar-refractivity contribution in [3.63, 3.8) is 0 Å². The molecule has 0 aliphatic carbocycles. The van der Waals surface area contributed by atoms with Gasteiger partial charge in [0.1, 0.15) is 12.1 Å². The van der Waals surface area contributed by atoms with E-state index in [0.717, 1.165) is 35.6 Å². The highest BCUT2D eigenvalue weighted by atomic mass is 15.1. The number of nitrogens with two attached hydrogens (primary N) is 1. The van der Waals surface area contributed by atoms with Crippen molar-refractivity contribution >= 4 is 0 Å². The number of aryl methyl sites for hydroxylation is 2. The van der Waals surface area contributed by atoms with Gasteiger partial charge in [-0.1, -0.05) is 13.0 Å². The molecule has 0 saturated heterocycles. The first-order valence-electron chi connectivity index (χ1n) is 6.75. The van der Waals surface area contributed by atoms with Crippen LogP contribution >= 0.6 is 0 Å². The first-order valence-corrected chi connectivity index (χ1v) is 6.75. The first-order chi connectivity index (χ1) is 9.02. The van der Waals surface area contributed by atoms with E-state index in [1.54, 1.807) is 0 Å². The molecule has 2 heterocycles. The van der Waals surface area contributed by atoms with Gasteiger partial charge in [-0.3, -0.25) is 4.57 Å². The van der Waals surface area contributed by atoms with Crippen LogP contribution in [0.15, 0.2) is 18.6 Å². The highest BCUT2D eigenvalue weighted by molar-refractivity contribution is 5.37. The quantitative estimate of drug-likeness (QED) is 0.916. The van der Waals surface area contributed by atoms with Crippen molar-refractivity contribution in [3.8, 4) is 5.82 Å². The van der Waals surface area contributed by atoms with E-state index < -0.39 is 0 Å². The molecule has 2 N–H and O–H groups in total. The van der Waals surface area contributed by atoms with Gasteiger partial charge in [-0.05, 0) is 44.7 Å². The molecule has 0 saturated carbocycles. The van der Waals surface area contributed by atoms with Gasteiger partial charge in [0, 0.05) is 17.9 Å². The third kappa shape index (κ3) is 2.84. The Hall–Kier alpha value is -1.68. The zero-order valence-corrected chi connectivity index (χ0v) is 12.1. The largest absolute Gasteiger partial charge is 0.327 e. The van der Waals surface area contributed by atoms with Crippen molar-refractivity contribution in [2.24, 2.45) is 5.73 Å². The molecule has 2 rings (SSSR count). The van der Waals surface area contributed by atoms with Gasteiger partial charge in [0.2, 0.25) is 0 Å². The Kier molecular flexibility index (Phi) is 4.00. The highest BCUT2D eigenvalue weighted by Gasteiger charge is 2.10. The SMILES string of the molecule is CCC(N)Cc1cnc(-n2cnc(C)c2C)c(C)c1. The number of aromatic nitrogens is 3. The summed E-state index contributed by atoms with van der Waals surface area (Å²) < 4.78 is 2.04. The van der Waals surface area contributed by atoms with E-state index in [0.29, 0.717) is 0 Å². The van der Waals surface area contributed by atoms with Crippen LogP contribution in [0.2, 0.25) is 0 Å². The average Bonchev–Trinajstić information content (AvgIpc) is 2.70. The van der Waals surface area contributed by atoms with Crippen molar-refractivity contribution in [2.75, 3.05) is 0 Å². The molecule has 19 heavy (non-hydrogen) atoms. The van der Waals surface area contributed by atoms with Gasteiger partial charge in [0.25, 0.3) is 0 Å². The predicted molar refractivity (Wildman–Crippen MR) is 77.5 cm³/mol. The van der Waals surface area contributed by atoms with Gasteiger partial charge in [-0.25, -0.2) is 9.97 Å². The number of hydrogen-bond donors (Lipinski definition) is 1. The molecule has 0 radical (unpaired) electrons. The zero-order chi connectivity index (χ0) is 14.0. The molecule has 0 fully saturated rings. The lowest BCUT2D eigenvalue weighted by molar-refractivity contribution is 0.644. The highest BCUT2D eigenvalue weighted by Crippen LogP contribution is 2.17. The Morgan fingerprint density at radius 2 is 2.00 bits per heavy atom. The maximum atomic E-state index is 5.99. The van der Waals surface area contributed by atoms with Crippen molar-refractivity contribution in [3.05, 3.63) is 41.1 Å².